The monoisotopic (exact) mass is 272 g/mol. The van der Waals surface area contributed by atoms with Gasteiger partial charge in [0.05, 0.1) is 11.6 Å². The third kappa shape index (κ3) is 3.03. The fourth-order valence-corrected chi connectivity index (χ4v) is 3.09. The number of hydrogen-bond acceptors (Lipinski definition) is 3. The Balaban J connectivity index is 2.26. The molecule has 1 unspecified atom stereocenters. The summed E-state index contributed by atoms with van der Waals surface area (Å²) in [5, 5.41) is 18.4. The number of aryl methyl sites for hydroxylation is 2. The molecule has 1 N–H and O–H groups in total. The maximum atomic E-state index is 9.32. The van der Waals surface area contributed by atoms with Gasteiger partial charge in [-0.2, -0.15) is 5.26 Å². The second-order valence-corrected chi connectivity index (χ2v) is 5.97. The van der Waals surface area contributed by atoms with Crippen molar-refractivity contribution in [1.82, 2.24) is 0 Å². The molecule has 0 aliphatic heterocycles. The van der Waals surface area contributed by atoms with Crippen LogP contribution >= 0.6 is 0 Å². The first-order valence-corrected chi connectivity index (χ1v) is 7.22. The Bertz CT molecular complexity index is 487. The van der Waals surface area contributed by atoms with E-state index in [4.69, 9.17) is 10.1 Å². The number of hydrogen-bond donors (Lipinski definition) is 1. The third-order valence-electron chi connectivity index (χ3n) is 4.36. The molecule has 1 saturated carbocycles. The van der Waals surface area contributed by atoms with Crippen LogP contribution < -0.4 is 0 Å². The molecule has 1 radical (unpaired) electrons. The van der Waals surface area contributed by atoms with E-state index in [0.29, 0.717) is 5.56 Å². The average Bonchev–Trinajstić information content (AvgIpc) is 2.41. The van der Waals surface area contributed by atoms with Gasteiger partial charge in [0.15, 0.2) is 0 Å². The fourth-order valence-electron chi connectivity index (χ4n) is 3.09. The molecule has 3 nitrogen and oxygen atoms in total. The Kier molecular flexibility index (Phi) is 4.80. The lowest BCUT2D eigenvalue weighted by atomic mass is 9.78. The van der Waals surface area contributed by atoms with Gasteiger partial charge in [-0.05, 0) is 49.3 Å². The van der Waals surface area contributed by atoms with Gasteiger partial charge in [-0.3, -0.25) is 5.26 Å². The highest BCUT2D eigenvalue weighted by Gasteiger charge is 2.29. The number of nitriles is 1. The van der Waals surface area contributed by atoms with E-state index >= 15 is 0 Å². The van der Waals surface area contributed by atoms with Crippen LogP contribution in [-0.4, -0.2) is 5.26 Å². The van der Waals surface area contributed by atoms with Gasteiger partial charge < -0.3 is 0 Å². The second-order valence-electron chi connectivity index (χ2n) is 5.97. The van der Waals surface area contributed by atoms with Crippen LogP contribution in [0.1, 0.15) is 61.0 Å². The van der Waals surface area contributed by atoms with Crippen LogP contribution in [0.25, 0.3) is 0 Å². The van der Waals surface area contributed by atoms with Crippen molar-refractivity contribution in [2.75, 3.05) is 0 Å². The van der Waals surface area contributed by atoms with E-state index in [9.17, 15) is 5.26 Å². The fraction of sp³-hybridized carbons (Fsp3) is 0.529. The molecule has 0 aromatic heterocycles. The lowest BCUT2D eigenvalue weighted by Crippen LogP contribution is -2.19. The summed E-state index contributed by atoms with van der Waals surface area (Å²) in [5.41, 5.74) is 3.54. The van der Waals surface area contributed by atoms with Crippen molar-refractivity contribution in [1.29, 1.82) is 5.26 Å². The molecule has 0 bridgehead atoms. The molecule has 1 aliphatic rings. The largest absolute Gasteiger partial charge is 0.251 e. The minimum absolute atomic E-state index is 0.354. The molecule has 1 aromatic rings. The van der Waals surface area contributed by atoms with Gasteiger partial charge in [0.25, 0.3) is 0 Å². The first-order chi connectivity index (χ1) is 9.56. The van der Waals surface area contributed by atoms with Crippen LogP contribution in [0, 0.1) is 37.0 Å². The summed E-state index contributed by atoms with van der Waals surface area (Å²) in [6.45, 7) is 6.12. The van der Waals surface area contributed by atoms with Crippen LogP contribution in [-0.2, 0) is 4.89 Å². The summed E-state index contributed by atoms with van der Waals surface area (Å²) >= 11 is 0. The van der Waals surface area contributed by atoms with Gasteiger partial charge in [-0.25, -0.2) is 4.89 Å². The SMILES string of the molecule is Cc1cc(C(OO)[C]2CCC(C)CC2)cc(C)c1C#N. The molecule has 1 aliphatic carbocycles. The highest BCUT2D eigenvalue weighted by atomic mass is 17.1. The molecule has 0 heterocycles. The van der Waals surface area contributed by atoms with E-state index in [-0.39, 0.29) is 6.10 Å². The highest BCUT2D eigenvalue weighted by Crippen LogP contribution is 2.40. The van der Waals surface area contributed by atoms with Gasteiger partial charge in [0.2, 0.25) is 0 Å². The Morgan fingerprint density at radius 2 is 1.80 bits per heavy atom. The van der Waals surface area contributed by atoms with Crippen LogP contribution in [0.15, 0.2) is 12.1 Å². The summed E-state index contributed by atoms with van der Waals surface area (Å²) in [6, 6.07) is 6.13. The molecular formula is C17H22NO2. The van der Waals surface area contributed by atoms with Gasteiger partial charge in [-0.15, -0.1) is 0 Å². The summed E-state index contributed by atoms with van der Waals surface area (Å²) in [6.07, 6.45) is 3.97. The molecule has 107 valence electrons. The van der Waals surface area contributed by atoms with Crippen LogP contribution in [0.4, 0.5) is 0 Å². The Labute approximate surface area is 121 Å². The summed E-state index contributed by atoms with van der Waals surface area (Å²) in [7, 11) is 0. The van der Waals surface area contributed by atoms with Gasteiger partial charge in [0.1, 0.15) is 6.10 Å². The number of benzene rings is 1. The first-order valence-electron chi connectivity index (χ1n) is 7.22. The van der Waals surface area contributed by atoms with E-state index in [1.54, 1.807) is 0 Å². The smallest absolute Gasteiger partial charge is 0.124 e. The molecule has 0 amide bonds. The van der Waals surface area contributed by atoms with Crippen molar-refractivity contribution < 1.29 is 10.1 Å². The summed E-state index contributed by atoms with van der Waals surface area (Å²) in [5.74, 6) is 2.01. The topological polar surface area (TPSA) is 53.2 Å². The first kappa shape index (κ1) is 15.0. The van der Waals surface area contributed by atoms with E-state index < -0.39 is 0 Å². The Morgan fingerprint density at radius 3 is 2.25 bits per heavy atom. The zero-order chi connectivity index (χ0) is 14.7. The van der Waals surface area contributed by atoms with Crippen molar-refractivity contribution in [2.24, 2.45) is 5.92 Å². The molecule has 0 spiro atoms. The predicted octanol–water partition coefficient (Wildman–Crippen LogP) is 4.49. The van der Waals surface area contributed by atoms with E-state index in [0.717, 1.165) is 48.3 Å². The van der Waals surface area contributed by atoms with Gasteiger partial charge >= 0.3 is 0 Å². The van der Waals surface area contributed by atoms with E-state index in [1.807, 2.05) is 26.0 Å². The maximum Gasteiger partial charge on any atom is 0.124 e. The normalized spacial score (nSPS) is 18.8. The Morgan fingerprint density at radius 1 is 1.25 bits per heavy atom. The molecule has 3 heteroatoms. The van der Waals surface area contributed by atoms with Crippen molar-refractivity contribution in [3.63, 3.8) is 0 Å². The third-order valence-corrected chi connectivity index (χ3v) is 4.36. The van der Waals surface area contributed by atoms with Crippen molar-refractivity contribution in [3.05, 3.63) is 40.3 Å². The maximum absolute atomic E-state index is 9.32. The van der Waals surface area contributed by atoms with Crippen molar-refractivity contribution >= 4 is 0 Å². The van der Waals surface area contributed by atoms with Crippen LogP contribution in [0.2, 0.25) is 0 Å². The molecular weight excluding hydrogens is 250 g/mol. The van der Waals surface area contributed by atoms with Crippen LogP contribution in [0.5, 0.6) is 0 Å². The van der Waals surface area contributed by atoms with Gasteiger partial charge in [-0.1, -0.05) is 31.9 Å². The second kappa shape index (κ2) is 6.39. The van der Waals surface area contributed by atoms with E-state index in [1.165, 1.54) is 5.92 Å². The average molecular weight is 272 g/mol. The lowest BCUT2D eigenvalue weighted by Gasteiger charge is -2.30. The zero-order valence-electron chi connectivity index (χ0n) is 12.4. The molecule has 1 aromatic carbocycles. The molecule has 20 heavy (non-hydrogen) atoms. The number of nitrogens with zero attached hydrogens (tertiary/aromatic N) is 1. The predicted molar refractivity (Wildman–Crippen MR) is 78.0 cm³/mol. The van der Waals surface area contributed by atoms with Crippen molar-refractivity contribution in [2.45, 2.75) is 52.6 Å². The zero-order valence-corrected chi connectivity index (χ0v) is 12.4. The highest BCUT2D eigenvalue weighted by molar-refractivity contribution is 5.47. The van der Waals surface area contributed by atoms with Crippen LogP contribution in [0.3, 0.4) is 0 Å². The Hall–Kier alpha value is -1.37. The molecule has 1 fully saturated rings. The summed E-state index contributed by atoms with van der Waals surface area (Å²) in [4.78, 5) is 4.77. The summed E-state index contributed by atoms with van der Waals surface area (Å²) < 4.78 is 0. The standard InChI is InChI=1S/C17H22NO2/c1-11-4-6-14(7-5-11)17(20-19)15-8-12(2)16(10-18)13(3)9-15/h8-9,11,17,19H,4-7H2,1-3H3. The molecule has 0 saturated heterocycles. The number of rotatable bonds is 3. The molecule has 2 rings (SSSR count). The minimum Gasteiger partial charge on any atom is -0.251 e. The quantitative estimate of drug-likeness (QED) is 0.651. The van der Waals surface area contributed by atoms with Gasteiger partial charge in [0, 0.05) is 5.92 Å². The minimum atomic E-state index is -0.354. The molecule has 1 atom stereocenters. The van der Waals surface area contributed by atoms with Crippen molar-refractivity contribution in [3.8, 4) is 6.07 Å². The van der Waals surface area contributed by atoms with E-state index in [2.05, 4.69) is 13.0 Å². The lowest BCUT2D eigenvalue weighted by molar-refractivity contribution is -0.278.